The number of nitrogens with two attached hydrogens (primary N) is 1. The van der Waals surface area contributed by atoms with E-state index in [1.807, 2.05) is 11.8 Å². The van der Waals surface area contributed by atoms with Gasteiger partial charge in [-0.1, -0.05) is 11.6 Å². The van der Waals surface area contributed by atoms with Gasteiger partial charge in [0.25, 0.3) is 11.5 Å². The lowest BCUT2D eigenvalue weighted by Crippen LogP contribution is -2.50. The van der Waals surface area contributed by atoms with Crippen LogP contribution in [0.1, 0.15) is 29.5 Å². The second-order valence-electron chi connectivity index (χ2n) is 10.6. The normalized spacial score (nSPS) is 16.5. The van der Waals surface area contributed by atoms with Crippen LogP contribution in [0.5, 0.6) is 5.75 Å². The van der Waals surface area contributed by atoms with Crippen LogP contribution >= 0.6 is 11.6 Å². The molecule has 1 fully saturated rings. The van der Waals surface area contributed by atoms with Gasteiger partial charge in [0.15, 0.2) is 11.6 Å². The van der Waals surface area contributed by atoms with Crippen LogP contribution in [0.3, 0.4) is 0 Å². The number of anilines is 2. The van der Waals surface area contributed by atoms with Crippen molar-refractivity contribution >= 4 is 46.0 Å². The first-order valence-electron chi connectivity index (χ1n) is 13.6. The maximum Gasteiger partial charge on any atom is 0.263 e. The lowest BCUT2D eigenvalue weighted by molar-refractivity contribution is -0.116. The molecule has 224 valence electrons. The van der Waals surface area contributed by atoms with E-state index >= 15 is 0 Å². The molecule has 0 bridgehead atoms. The minimum Gasteiger partial charge on any atom is -0.504 e. The number of rotatable bonds is 6. The van der Waals surface area contributed by atoms with Crippen LogP contribution in [-0.2, 0) is 24.3 Å². The molecule has 2 amide bonds. The Balaban J connectivity index is 1.40. The summed E-state index contributed by atoms with van der Waals surface area (Å²) in [6.07, 6.45) is 2.69. The SMILES string of the molecule is C[C@H]1CNCCN1c1cc(NC(=O)Cn2cc(-c3cc(F)c(O)c(C(N)=O)c3)c3c(=O)n4c(nc32)CCC4)c(Cl)c(F)n1. The predicted molar refractivity (Wildman–Crippen MR) is 155 cm³/mol. The first kappa shape index (κ1) is 28.6. The van der Waals surface area contributed by atoms with E-state index in [1.54, 1.807) is 0 Å². The molecule has 4 aromatic rings. The molecule has 1 aromatic carbocycles. The van der Waals surface area contributed by atoms with Gasteiger partial charge in [-0.25, -0.2) is 14.4 Å². The number of aryl methyl sites for hydroxylation is 1. The molecule has 0 spiro atoms. The standard InChI is InChI=1S/C28H27ClF2N8O4/c1-13-10-33-4-6-38(13)20-9-18(23(29)25(31)35-20)34-21(40)12-37-11-16(14-7-15(26(32)42)24(41)17(30)8-14)22-27(37)36-19-3-2-5-39(19)28(22)43/h7-9,11,13,33,41H,2-6,10,12H2,1H3,(H2,32,42)(H,34,35,40)/t13-/m0/s1. The first-order valence-corrected chi connectivity index (χ1v) is 14.0. The number of pyridine rings is 1. The Bertz CT molecular complexity index is 1870. The number of benzene rings is 1. The van der Waals surface area contributed by atoms with Crippen molar-refractivity contribution in [2.24, 2.45) is 5.73 Å². The fourth-order valence-corrected chi connectivity index (χ4v) is 5.80. The highest BCUT2D eigenvalue weighted by molar-refractivity contribution is 6.33. The number of piperazine rings is 1. The monoisotopic (exact) mass is 612 g/mol. The van der Waals surface area contributed by atoms with E-state index in [0.717, 1.165) is 6.07 Å². The van der Waals surface area contributed by atoms with Gasteiger partial charge in [-0.15, -0.1) is 0 Å². The van der Waals surface area contributed by atoms with Gasteiger partial charge in [-0.2, -0.15) is 4.39 Å². The number of primary amides is 1. The fourth-order valence-electron chi connectivity index (χ4n) is 5.66. The quantitative estimate of drug-likeness (QED) is 0.241. The Hall–Kier alpha value is -4.56. The topological polar surface area (TPSA) is 160 Å². The molecule has 0 radical (unpaired) electrons. The van der Waals surface area contributed by atoms with E-state index in [-0.39, 0.29) is 45.5 Å². The highest BCUT2D eigenvalue weighted by atomic mass is 35.5. The predicted octanol–water partition coefficient (Wildman–Crippen LogP) is 2.38. The molecular formula is C28H27ClF2N8O4. The molecule has 0 unspecified atom stereocenters. The summed E-state index contributed by atoms with van der Waals surface area (Å²) in [5.74, 6) is -3.76. The van der Waals surface area contributed by atoms with Gasteiger partial charge in [0.1, 0.15) is 28.9 Å². The van der Waals surface area contributed by atoms with Crippen molar-refractivity contribution in [2.45, 2.75) is 38.9 Å². The summed E-state index contributed by atoms with van der Waals surface area (Å²) in [6, 6.07) is 3.68. The molecule has 2 aliphatic rings. The summed E-state index contributed by atoms with van der Waals surface area (Å²) in [4.78, 5) is 49.3. The second-order valence-corrected chi connectivity index (χ2v) is 11.0. The third-order valence-corrected chi connectivity index (χ3v) is 8.12. The number of aromatic nitrogens is 4. The maximum absolute atomic E-state index is 14.8. The largest absolute Gasteiger partial charge is 0.504 e. The van der Waals surface area contributed by atoms with Crippen LogP contribution < -0.4 is 26.8 Å². The van der Waals surface area contributed by atoms with E-state index in [0.29, 0.717) is 50.7 Å². The van der Waals surface area contributed by atoms with Gasteiger partial charge in [-0.05, 0) is 31.0 Å². The molecule has 3 aromatic heterocycles. The number of nitrogens with one attached hydrogen (secondary N) is 2. The summed E-state index contributed by atoms with van der Waals surface area (Å²) in [7, 11) is 0. The number of phenols is 1. The summed E-state index contributed by atoms with van der Waals surface area (Å²) >= 11 is 6.18. The number of nitrogens with zero attached hydrogens (tertiary/aromatic N) is 5. The van der Waals surface area contributed by atoms with Gasteiger partial charge in [0.05, 0.1) is 16.6 Å². The van der Waals surface area contributed by atoms with Crippen molar-refractivity contribution in [2.75, 3.05) is 29.9 Å². The third kappa shape index (κ3) is 5.06. The van der Waals surface area contributed by atoms with Gasteiger partial charge in [0.2, 0.25) is 11.9 Å². The number of carbonyl (C=O) groups excluding carboxylic acids is 2. The molecule has 1 atom stereocenters. The van der Waals surface area contributed by atoms with Crippen LogP contribution in [0.2, 0.25) is 5.02 Å². The van der Waals surface area contributed by atoms with Gasteiger partial charge >= 0.3 is 0 Å². The van der Waals surface area contributed by atoms with E-state index < -0.39 is 40.5 Å². The number of hydrogen-bond acceptors (Lipinski definition) is 8. The van der Waals surface area contributed by atoms with Crippen LogP contribution in [0.15, 0.2) is 29.2 Å². The number of hydrogen-bond donors (Lipinski definition) is 4. The van der Waals surface area contributed by atoms with Crippen LogP contribution in [0.25, 0.3) is 22.2 Å². The van der Waals surface area contributed by atoms with Crippen LogP contribution in [0.4, 0.5) is 20.3 Å². The lowest BCUT2D eigenvalue weighted by Gasteiger charge is -2.35. The van der Waals surface area contributed by atoms with Crippen molar-refractivity contribution in [1.29, 1.82) is 0 Å². The fraction of sp³-hybridized carbons (Fsp3) is 0.321. The zero-order chi connectivity index (χ0) is 30.6. The molecule has 1 saturated heterocycles. The van der Waals surface area contributed by atoms with E-state index in [4.69, 9.17) is 17.3 Å². The molecule has 0 aliphatic carbocycles. The second kappa shape index (κ2) is 10.9. The zero-order valence-corrected chi connectivity index (χ0v) is 23.7. The maximum atomic E-state index is 14.8. The Morgan fingerprint density at radius 3 is 2.77 bits per heavy atom. The van der Waals surface area contributed by atoms with E-state index in [2.05, 4.69) is 20.6 Å². The van der Waals surface area contributed by atoms with E-state index in [9.17, 15) is 28.3 Å². The molecule has 6 rings (SSSR count). The van der Waals surface area contributed by atoms with Crippen LogP contribution in [0, 0.1) is 11.8 Å². The molecule has 12 nitrogen and oxygen atoms in total. The number of amides is 2. The number of carbonyl (C=O) groups is 2. The van der Waals surface area contributed by atoms with Crippen molar-refractivity contribution in [3.05, 3.63) is 62.9 Å². The number of aromatic hydroxyl groups is 1. The Morgan fingerprint density at radius 2 is 2.02 bits per heavy atom. The third-order valence-electron chi connectivity index (χ3n) is 7.76. The molecule has 5 heterocycles. The molecule has 43 heavy (non-hydrogen) atoms. The lowest BCUT2D eigenvalue weighted by atomic mass is 10.0. The van der Waals surface area contributed by atoms with Crippen molar-refractivity contribution in [1.82, 2.24) is 24.4 Å². The van der Waals surface area contributed by atoms with Crippen molar-refractivity contribution in [3.8, 4) is 16.9 Å². The molecular weight excluding hydrogens is 586 g/mol. The van der Waals surface area contributed by atoms with Crippen molar-refractivity contribution in [3.63, 3.8) is 0 Å². The minimum atomic E-state index is -1.11. The number of halogens is 3. The number of fused-ring (bicyclic) bond motifs is 2. The van der Waals surface area contributed by atoms with Gasteiger partial charge < -0.3 is 30.9 Å². The Labute approximate surface area is 248 Å². The van der Waals surface area contributed by atoms with Gasteiger partial charge in [-0.3, -0.25) is 19.0 Å². The van der Waals surface area contributed by atoms with E-state index in [1.165, 1.54) is 27.5 Å². The molecule has 2 aliphatic heterocycles. The average molecular weight is 613 g/mol. The summed E-state index contributed by atoms with van der Waals surface area (Å²) < 4.78 is 32.3. The highest BCUT2D eigenvalue weighted by Gasteiger charge is 2.26. The van der Waals surface area contributed by atoms with Crippen molar-refractivity contribution < 1.29 is 23.5 Å². The Kier molecular flexibility index (Phi) is 7.26. The van der Waals surface area contributed by atoms with Crippen LogP contribution in [-0.4, -0.2) is 61.7 Å². The average Bonchev–Trinajstić information content (AvgIpc) is 3.58. The molecule has 5 N–H and O–H groups in total. The highest BCUT2D eigenvalue weighted by Crippen LogP contribution is 2.34. The Morgan fingerprint density at radius 1 is 1.23 bits per heavy atom. The zero-order valence-electron chi connectivity index (χ0n) is 23.0. The smallest absolute Gasteiger partial charge is 0.263 e. The minimum absolute atomic E-state index is 0.0252. The summed E-state index contributed by atoms with van der Waals surface area (Å²) in [5.41, 5.74) is 4.93. The molecule has 15 heteroatoms. The first-order chi connectivity index (χ1) is 20.5. The molecule has 0 saturated carbocycles. The summed E-state index contributed by atoms with van der Waals surface area (Å²) in [5, 5.41) is 15.6. The van der Waals surface area contributed by atoms with Gasteiger partial charge in [0, 0.05) is 56.5 Å². The summed E-state index contributed by atoms with van der Waals surface area (Å²) in [6.45, 7) is 3.99.